The zero-order valence-electron chi connectivity index (χ0n) is 12.4. The van der Waals surface area contributed by atoms with Gasteiger partial charge in [-0.05, 0) is 38.4 Å². The fourth-order valence-corrected chi connectivity index (χ4v) is 2.52. The fourth-order valence-electron chi connectivity index (χ4n) is 2.52. The van der Waals surface area contributed by atoms with Gasteiger partial charge < -0.3 is 9.15 Å². The Labute approximate surface area is 121 Å². The van der Waals surface area contributed by atoms with E-state index in [2.05, 4.69) is 11.8 Å². The molecule has 0 N–H and O–H groups in total. The summed E-state index contributed by atoms with van der Waals surface area (Å²) in [6.07, 6.45) is 7.81. The van der Waals surface area contributed by atoms with Crippen LogP contribution in [0.25, 0.3) is 0 Å². The number of esters is 1. The molecule has 2 heterocycles. The van der Waals surface area contributed by atoms with Crippen molar-refractivity contribution < 1.29 is 13.9 Å². The lowest BCUT2D eigenvalue weighted by molar-refractivity contribution is -0.142. The maximum absolute atomic E-state index is 11.8. The average Bonchev–Trinajstić information content (AvgIpc) is 2.87. The molecule has 0 bridgehead atoms. The zero-order chi connectivity index (χ0) is 14.2. The lowest BCUT2D eigenvalue weighted by Gasteiger charge is -2.25. The SMILES string of the molecule is CCCCOC(=O)Cc1ccoc1CN1CCCCC1. The minimum atomic E-state index is -0.153. The number of likely N-dealkylation sites (tertiary alicyclic amines) is 1. The number of hydrogen-bond donors (Lipinski definition) is 0. The third-order valence-electron chi connectivity index (χ3n) is 3.75. The number of ether oxygens (including phenoxy) is 1. The lowest BCUT2D eigenvalue weighted by Crippen LogP contribution is -2.29. The largest absolute Gasteiger partial charge is 0.468 e. The molecule has 0 atom stereocenters. The molecule has 4 heteroatoms. The molecule has 1 aromatic heterocycles. The molecule has 1 aliphatic heterocycles. The van der Waals surface area contributed by atoms with E-state index in [0.29, 0.717) is 13.0 Å². The molecular weight excluding hydrogens is 254 g/mol. The first-order chi connectivity index (χ1) is 9.79. The molecule has 1 fully saturated rings. The van der Waals surface area contributed by atoms with Gasteiger partial charge in [-0.3, -0.25) is 9.69 Å². The molecule has 0 spiro atoms. The van der Waals surface area contributed by atoms with Gasteiger partial charge in [-0.15, -0.1) is 0 Å². The highest BCUT2D eigenvalue weighted by Gasteiger charge is 2.16. The van der Waals surface area contributed by atoms with Gasteiger partial charge in [-0.2, -0.15) is 0 Å². The number of unbranched alkanes of at least 4 members (excludes halogenated alkanes) is 1. The van der Waals surface area contributed by atoms with Crippen LogP contribution in [0.4, 0.5) is 0 Å². The zero-order valence-corrected chi connectivity index (χ0v) is 12.4. The van der Waals surface area contributed by atoms with Crippen molar-refractivity contribution in [1.29, 1.82) is 0 Å². The maximum Gasteiger partial charge on any atom is 0.310 e. The van der Waals surface area contributed by atoms with Crippen molar-refractivity contribution in [3.8, 4) is 0 Å². The summed E-state index contributed by atoms with van der Waals surface area (Å²) in [5, 5.41) is 0. The van der Waals surface area contributed by atoms with Crippen LogP contribution in [-0.4, -0.2) is 30.6 Å². The van der Waals surface area contributed by atoms with Crippen molar-refractivity contribution >= 4 is 5.97 Å². The number of rotatable bonds is 7. The van der Waals surface area contributed by atoms with E-state index in [-0.39, 0.29) is 5.97 Å². The van der Waals surface area contributed by atoms with Crippen LogP contribution < -0.4 is 0 Å². The van der Waals surface area contributed by atoms with Gasteiger partial charge in [0.2, 0.25) is 0 Å². The van der Waals surface area contributed by atoms with E-state index in [1.165, 1.54) is 19.3 Å². The molecule has 0 radical (unpaired) electrons. The highest BCUT2D eigenvalue weighted by molar-refractivity contribution is 5.72. The molecule has 0 aromatic carbocycles. The van der Waals surface area contributed by atoms with Crippen molar-refractivity contribution in [3.63, 3.8) is 0 Å². The molecule has 1 aliphatic rings. The Morgan fingerprint density at radius 1 is 1.35 bits per heavy atom. The molecule has 4 nitrogen and oxygen atoms in total. The average molecular weight is 279 g/mol. The summed E-state index contributed by atoms with van der Waals surface area (Å²) < 4.78 is 10.8. The summed E-state index contributed by atoms with van der Waals surface area (Å²) in [6, 6.07) is 1.89. The molecule has 1 aromatic rings. The highest BCUT2D eigenvalue weighted by atomic mass is 16.5. The minimum absolute atomic E-state index is 0.153. The molecule has 2 rings (SSSR count). The first-order valence-corrected chi connectivity index (χ1v) is 7.73. The van der Waals surface area contributed by atoms with Gasteiger partial charge in [0.05, 0.1) is 25.8 Å². The number of hydrogen-bond acceptors (Lipinski definition) is 4. The Morgan fingerprint density at radius 3 is 2.90 bits per heavy atom. The number of piperidine rings is 1. The predicted molar refractivity (Wildman–Crippen MR) is 77.4 cm³/mol. The Bertz CT molecular complexity index is 408. The Balaban J connectivity index is 1.82. The van der Waals surface area contributed by atoms with Crippen molar-refractivity contribution in [1.82, 2.24) is 4.90 Å². The molecule has 112 valence electrons. The number of nitrogens with zero attached hydrogens (tertiary/aromatic N) is 1. The van der Waals surface area contributed by atoms with Crippen molar-refractivity contribution in [2.24, 2.45) is 0 Å². The van der Waals surface area contributed by atoms with Crippen LogP contribution in [-0.2, 0) is 22.5 Å². The molecule has 0 amide bonds. The van der Waals surface area contributed by atoms with Crippen LogP contribution in [0.2, 0.25) is 0 Å². The van der Waals surface area contributed by atoms with Crippen LogP contribution in [0.1, 0.15) is 50.4 Å². The second kappa shape index (κ2) is 8.10. The van der Waals surface area contributed by atoms with E-state index in [0.717, 1.165) is 43.8 Å². The van der Waals surface area contributed by atoms with Crippen molar-refractivity contribution in [3.05, 3.63) is 23.7 Å². The van der Waals surface area contributed by atoms with E-state index in [4.69, 9.17) is 9.15 Å². The van der Waals surface area contributed by atoms with E-state index < -0.39 is 0 Å². The van der Waals surface area contributed by atoms with Gasteiger partial charge in [-0.25, -0.2) is 0 Å². The topological polar surface area (TPSA) is 42.7 Å². The molecular formula is C16H25NO3. The molecule has 20 heavy (non-hydrogen) atoms. The highest BCUT2D eigenvalue weighted by Crippen LogP contribution is 2.18. The smallest absolute Gasteiger partial charge is 0.310 e. The Morgan fingerprint density at radius 2 is 2.15 bits per heavy atom. The summed E-state index contributed by atoms with van der Waals surface area (Å²) in [5.41, 5.74) is 0.970. The minimum Gasteiger partial charge on any atom is -0.468 e. The second-order valence-electron chi connectivity index (χ2n) is 5.46. The molecule has 0 saturated carbocycles. The summed E-state index contributed by atoms with van der Waals surface area (Å²) in [5.74, 6) is 0.763. The van der Waals surface area contributed by atoms with Crippen molar-refractivity contribution in [2.75, 3.05) is 19.7 Å². The second-order valence-corrected chi connectivity index (χ2v) is 5.46. The number of carbonyl (C=O) groups excluding carboxylic acids is 1. The Hall–Kier alpha value is -1.29. The standard InChI is InChI=1S/C16H25NO3/c1-2-3-10-20-16(18)12-14-7-11-19-15(14)13-17-8-5-4-6-9-17/h7,11H,2-6,8-10,12-13H2,1H3. The van der Waals surface area contributed by atoms with Crippen LogP contribution in [0.5, 0.6) is 0 Å². The monoisotopic (exact) mass is 279 g/mol. The maximum atomic E-state index is 11.8. The van der Waals surface area contributed by atoms with Gasteiger partial charge in [0, 0.05) is 5.56 Å². The lowest BCUT2D eigenvalue weighted by atomic mass is 10.1. The number of furan rings is 1. The van der Waals surface area contributed by atoms with E-state index >= 15 is 0 Å². The third kappa shape index (κ3) is 4.67. The van der Waals surface area contributed by atoms with Gasteiger partial charge in [-0.1, -0.05) is 19.8 Å². The van der Waals surface area contributed by atoms with Crippen LogP contribution in [0.15, 0.2) is 16.7 Å². The molecule has 0 unspecified atom stereocenters. The summed E-state index contributed by atoms with van der Waals surface area (Å²) in [4.78, 5) is 14.1. The van der Waals surface area contributed by atoms with E-state index in [1.54, 1.807) is 6.26 Å². The van der Waals surface area contributed by atoms with Crippen LogP contribution in [0.3, 0.4) is 0 Å². The van der Waals surface area contributed by atoms with Crippen LogP contribution in [0, 0.1) is 0 Å². The summed E-state index contributed by atoms with van der Waals surface area (Å²) in [6.45, 7) is 5.67. The predicted octanol–water partition coefficient (Wildman–Crippen LogP) is 3.15. The Kier molecular flexibility index (Phi) is 6.12. The first kappa shape index (κ1) is 15.1. The first-order valence-electron chi connectivity index (χ1n) is 7.73. The normalized spacial score (nSPS) is 16.2. The molecule has 0 aliphatic carbocycles. The summed E-state index contributed by atoms with van der Waals surface area (Å²) in [7, 11) is 0. The third-order valence-corrected chi connectivity index (χ3v) is 3.75. The van der Waals surface area contributed by atoms with E-state index in [9.17, 15) is 4.79 Å². The van der Waals surface area contributed by atoms with Crippen LogP contribution >= 0.6 is 0 Å². The van der Waals surface area contributed by atoms with Crippen molar-refractivity contribution in [2.45, 2.75) is 52.0 Å². The van der Waals surface area contributed by atoms with Gasteiger partial charge >= 0.3 is 5.97 Å². The fraction of sp³-hybridized carbons (Fsp3) is 0.688. The van der Waals surface area contributed by atoms with E-state index in [1.807, 2.05) is 6.07 Å². The van der Waals surface area contributed by atoms with Gasteiger partial charge in [0.1, 0.15) is 5.76 Å². The quantitative estimate of drug-likeness (QED) is 0.568. The molecule has 1 saturated heterocycles. The van der Waals surface area contributed by atoms with Gasteiger partial charge in [0.25, 0.3) is 0 Å². The number of carbonyl (C=O) groups is 1. The summed E-state index contributed by atoms with van der Waals surface area (Å²) >= 11 is 0. The van der Waals surface area contributed by atoms with Gasteiger partial charge in [0.15, 0.2) is 0 Å².